The van der Waals surface area contributed by atoms with Crippen molar-refractivity contribution >= 4 is 52.9 Å². The molecule has 0 aliphatic carbocycles. The summed E-state index contributed by atoms with van der Waals surface area (Å²) in [6.45, 7) is 10.9. The van der Waals surface area contributed by atoms with Gasteiger partial charge in [-0.3, -0.25) is 4.79 Å². The molecule has 2 saturated heterocycles. The number of benzene rings is 4. The minimum Gasteiger partial charge on any atom is -0.463 e. The highest BCUT2D eigenvalue weighted by atomic mass is 16.7. The Morgan fingerprint density at radius 1 is 0.537 bits per heavy atom. The van der Waals surface area contributed by atoms with Gasteiger partial charge in [-0.25, -0.2) is 28.8 Å². The van der Waals surface area contributed by atoms with Crippen molar-refractivity contribution in [2.24, 2.45) is 0 Å². The topological polar surface area (TPSA) is 221 Å². The maximum atomic E-state index is 12.8. The van der Waals surface area contributed by atoms with Crippen LogP contribution in [-0.2, 0) is 52.3 Å². The Bertz CT molecular complexity index is 2370. The van der Waals surface area contributed by atoms with Crippen molar-refractivity contribution in [2.75, 3.05) is 39.6 Å². The molecule has 0 radical (unpaired) electrons. The Morgan fingerprint density at radius 3 is 1.54 bits per heavy atom. The summed E-state index contributed by atoms with van der Waals surface area (Å²) < 4.78 is 57.3. The minimum atomic E-state index is -0.858. The van der Waals surface area contributed by atoms with Crippen LogP contribution in [-0.4, -0.2) is 106 Å². The van der Waals surface area contributed by atoms with Crippen LogP contribution < -0.4 is 14.2 Å². The summed E-state index contributed by atoms with van der Waals surface area (Å²) >= 11 is 0. The van der Waals surface area contributed by atoms with Gasteiger partial charge >= 0.3 is 42.2 Å². The highest BCUT2D eigenvalue weighted by Crippen LogP contribution is 2.31. The molecule has 67 heavy (non-hydrogen) atoms. The fourth-order valence-electron chi connectivity index (χ4n) is 6.33. The Balaban J connectivity index is 0.000000261. The molecule has 2 aliphatic heterocycles. The molecule has 0 amide bonds. The van der Waals surface area contributed by atoms with Crippen molar-refractivity contribution in [2.45, 2.75) is 63.9 Å². The zero-order valence-electron chi connectivity index (χ0n) is 36.9. The molecule has 0 aromatic heterocycles. The third-order valence-corrected chi connectivity index (χ3v) is 9.65. The van der Waals surface area contributed by atoms with Gasteiger partial charge in [0, 0.05) is 19.1 Å². The van der Waals surface area contributed by atoms with Gasteiger partial charge in [0.2, 0.25) is 0 Å². The number of esters is 5. The molecular formula is C49H50O18. The molecule has 2 aliphatic rings. The molecule has 6 rings (SSSR count). The van der Waals surface area contributed by atoms with E-state index in [1.807, 2.05) is 19.1 Å². The van der Waals surface area contributed by atoms with E-state index < -0.39 is 66.6 Å². The Morgan fingerprint density at radius 2 is 0.985 bits per heavy atom. The number of carbonyl (C=O) groups excluding carboxylic acids is 7. The lowest BCUT2D eigenvalue weighted by molar-refractivity contribution is -0.151. The van der Waals surface area contributed by atoms with E-state index in [9.17, 15) is 33.6 Å². The molecule has 18 heteroatoms. The summed E-state index contributed by atoms with van der Waals surface area (Å²) in [6, 6.07) is 23.0. The summed E-state index contributed by atoms with van der Waals surface area (Å²) in [4.78, 5) is 81.6. The molecule has 0 spiro atoms. The van der Waals surface area contributed by atoms with E-state index in [1.54, 1.807) is 48.5 Å². The van der Waals surface area contributed by atoms with E-state index in [0.717, 1.165) is 28.5 Å². The number of ether oxygens (including phenoxy) is 11. The fourth-order valence-corrected chi connectivity index (χ4v) is 6.33. The number of unbranched alkanes of at least 4 members (excludes halogenated alkanes) is 2. The normalized spacial score (nSPS) is 16.7. The van der Waals surface area contributed by atoms with Crippen molar-refractivity contribution in [3.8, 4) is 17.2 Å². The van der Waals surface area contributed by atoms with Crippen molar-refractivity contribution < 1.29 is 85.7 Å². The maximum Gasteiger partial charge on any atom is 0.513 e. The van der Waals surface area contributed by atoms with Gasteiger partial charge in [0.25, 0.3) is 0 Å². The SMILES string of the molecule is C=CC(=O)OCCCCOC(=O)Oc1ccc(C(=O)Oc2ccc(C)cc2)cc1.C=CC(=O)OCCCCOC(=O)Oc1ccc2cc(C(=O)O[C@@H]3COC4C3OC[C@H]4OC(C)=O)ccc2c1. The Hall–Kier alpha value is -7.57. The monoisotopic (exact) mass is 926 g/mol. The first kappa shape index (κ1) is 50.4. The number of aryl methyl sites for hydroxylation is 1. The van der Waals surface area contributed by atoms with E-state index in [4.69, 9.17) is 52.1 Å². The van der Waals surface area contributed by atoms with E-state index in [-0.39, 0.29) is 51.1 Å². The smallest absolute Gasteiger partial charge is 0.463 e. The lowest BCUT2D eigenvalue weighted by Crippen LogP contribution is -2.35. The maximum absolute atomic E-state index is 12.8. The molecule has 4 aromatic carbocycles. The Labute approximate surface area is 385 Å². The molecule has 354 valence electrons. The first-order chi connectivity index (χ1) is 32.3. The van der Waals surface area contributed by atoms with Gasteiger partial charge in [0.05, 0.1) is 50.8 Å². The summed E-state index contributed by atoms with van der Waals surface area (Å²) in [5.74, 6) is -1.49. The number of rotatable bonds is 19. The van der Waals surface area contributed by atoms with Crippen molar-refractivity contribution in [3.63, 3.8) is 0 Å². The van der Waals surface area contributed by atoms with Crippen molar-refractivity contribution in [3.05, 3.63) is 127 Å². The van der Waals surface area contributed by atoms with Gasteiger partial charge in [-0.15, -0.1) is 0 Å². The summed E-state index contributed by atoms with van der Waals surface area (Å²) in [5.41, 5.74) is 1.72. The van der Waals surface area contributed by atoms with Crippen LogP contribution in [0.4, 0.5) is 9.59 Å². The number of carbonyl (C=O) groups is 7. The molecule has 2 fully saturated rings. The molecule has 4 atom stereocenters. The Kier molecular flexibility index (Phi) is 19.4. The van der Waals surface area contributed by atoms with E-state index in [2.05, 4.69) is 13.2 Å². The molecule has 4 aromatic rings. The van der Waals surface area contributed by atoms with Gasteiger partial charge in [0.15, 0.2) is 12.2 Å². The van der Waals surface area contributed by atoms with Gasteiger partial charge in [-0.2, -0.15) is 0 Å². The summed E-state index contributed by atoms with van der Waals surface area (Å²) in [7, 11) is 0. The minimum absolute atomic E-state index is 0.118. The molecule has 0 N–H and O–H groups in total. The first-order valence-electron chi connectivity index (χ1n) is 21.1. The summed E-state index contributed by atoms with van der Waals surface area (Å²) in [6.07, 6.45) is 0.441. The standard InChI is InChI=1S/C27H28O11.C22H22O7/c1-3-23(29)32-10-4-5-11-33-27(31)37-20-9-8-17-12-19(7-6-18(17)13-20)26(30)38-22-15-35-24-21(36-16(2)28)14-34-25(22)24;1-3-20(23)26-14-4-5-15-27-22(25)29-19-12-8-17(9-13-19)21(24)28-18-10-6-16(2)7-11-18/h3,6-9,12-13,21-22,24-25H,1,4-5,10-11,14-15H2,2H3;3,6-13H,1,4-5,14-15H2,2H3/t21-,22-,24?,25?;/m1./s1. The average molecular weight is 927 g/mol. The van der Waals surface area contributed by atoms with E-state index in [0.29, 0.717) is 42.6 Å². The largest absolute Gasteiger partial charge is 0.513 e. The third-order valence-electron chi connectivity index (χ3n) is 9.65. The molecule has 0 bridgehead atoms. The van der Waals surface area contributed by atoms with Crippen LogP contribution in [0.5, 0.6) is 17.2 Å². The molecule has 2 unspecified atom stereocenters. The number of hydrogen-bond donors (Lipinski definition) is 0. The molecule has 18 nitrogen and oxygen atoms in total. The van der Waals surface area contributed by atoms with Crippen LogP contribution in [0.2, 0.25) is 0 Å². The lowest BCUT2D eigenvalue weighted by atomic mass is 10.1. The predicted octanol–water partition coefficient (Wildman–Crippen LogP) is 7.36. The lowest BCUT2D eigenvalue weighted by Gasteiger charge is -2.17. The second-order valence-electron chi connectivity index (χ2n) is 14.7. The zero-order chi connectivity index (χ0) is 48.1. The van der Waals surface area contributed by atoms with Crippen LogP contribution >= 0.6 is 0 Å². The van der Waals surface area contributed by atoms with Crippen LogP contribution in [0.1, 0.15) is 58.9 Å². The van der Waals surface area contributed by atoms with E-state index in [1.165, 1.54) is 31.2 Å². The zero-order valence-corrected chi connectivity index (χ0v) is 36.9. The van der Waals surface area contributed by atoms with Gasteiger partial charge in [-0.05, 0) is 104 Å². The van der Waals surface area contributed by atoms with Crippen LogP contribution in [0, 0.1) is 6.92 Å². The molecular weight excluding hydrogens is 877 g/mol. The second-order valence-corrected chi connectivity index (χ2v) is 14.7. The van der Waals surface area contributed by atoms with Crippen LogP contribution in [0.15, 0.2) is 110 Å². The van der Waals surface area contributed by atoms with Crippen molar-refractivity contribution in [1.29, 1.82) is 0 Å². The third kappa shape index (κ3) is 16.4. The first-order valence-corrected chi connectivity index (χ1v) is 21.1. The number of fused-ring (bicyclic) bond motifs is 2. The summed E-state index contributed by atoms with van der Waals surface area (Å²) in [5, 5.41) is 1.48. The van der Waals surface area contributed by atoms with E-state index >= 15 is 0 Å². The van der Waals surface area contributed by atoms with Gasteiger partial charge in [0.1, 0.15) is 29.5 Å². The van der Waals surface area contributed by atoms with Gasteiger partial charge in [-0.1, -0.05) is 43.0 Å². The number of hydrogen-bond acceptors (Lipinski definition) is 18. The quantitative estimate of drug-likeness (QED) is 0.0224. The predicted molar refractivity (Wildman–Crippen MR) is 235 cm³/mol. The highest BCUT2D eigenvalue weighted by Gasteiger charge is 2.51. The second kappa shape index (κ2) is 25.8. The fraction of sp³-hybridized carbons (Fsp3) is 0.327. The van der Waals surface area contributed by atoms with Crippen molar-refractivity contribution in [1.82, 2.24) is 0 Å². The molecule has 0 saturated carbocycles. The van der Waals surface area contributed by atoms with Gasteiger partial charge < -0.3 is 52.1 Å². The van der Waals surface area contributed by atoms with Crippen LogP contribution in [0.3, 0.4) is 0 Å². The average Bonchev–Trinajstić information content (AvgIpc) is 3.91. The van der Waals surface area contributed by atoms with Crippen LogP contribution in [0.25, 0.3) is 10.8 Å². The highest BCUT2D eigenvalue weighted by molar-refractivity contribution is 5.96. The molecule has 2 heterocycles.